The average molecular weight is 208 g/mol. The van der Waals surface area contributed by atoms with E-state index in [4.69, 9.17) is 4.74 Å². The minimum absolute atomic E-state index is 0.624. The van der Waals surface area contributed by atoms with E-state index in [9.17, 15) is 0 Å². The van der Waals surface area contributed by atoms with Gasteiger partial charge >= 0.3 is 0 Å². The van der Waals surface area contributed by atoms with Gasteiger partial charge in [-0.25, -0.2) is 9.97 Å². The molecule has 0 saturated heterocycles. The molecule has 0 aliphatic heterocycles. The lowest BCUT2D eigenvalue weighted by Crippen LogP contribution is -1.94. The normalized spacial score (nSPS) is 10.9. The molecule has 2 aromatic rings. The largest absolute Gasteiger partial charge is 0.480 e. The molecule has 0 fully saturated rings. The number of ether oxygens (including phenoxy) is 1. The highest BCUT2D eigenvalue weighted by atomic mass is 32.1. The van der Waals surface area contributed by atoms with Gasteiger partial charge in [-0.3, -0.25) is 0 Å². The molecule has 0 aliphatic rings. The van der Waals surface area contributed by atoms with Crippen molar-refractivity contribution in [3.05, 3.63) is 15.4 Å². The Balaban J connectivity index is 2.82. The van der Waals surface area contributed by atoms with Crippen molar-refractivity contribution in [2.75, 3.05) is 7.11 Å². The third-order valence-corrected chi connectivity index (χ3v) is 3.19. The number of hydrogen-bond donors (Lipinski definition) is 0. The summed E-state index contributed by atoms with van der Waals surface area (Å²) in [6, 6.07) is 0. The number of hydrogen-bond acceptors (Lipinski definition) is 4. The third-order valence-electron chi connectivity index (χ3n) is 2.19. The van der Waals surface area contributed by atoms with Gasteiger partial charge < -0.3 is 4.74 Å². The number of aromatic nitrogens is 2. The molecule has 0 aromatic carbocycles. The number of thiophene rings is 1. The summed E-state index contributed by atoms with van der Waals surface area (Å²) in [6.45, 7) is 6.04. The first-order valence-electron chi connectivity index (χ1n) is 4.42. The first-order chi connectivity index (χ1) is 6.63. The number of methoxy groups -OCH3 is 1. The van der Waals surface area contributed by atoms with Crippen LogP contribution in [0.3, 0.4) is 0 Å². The molecule has 2 aromatic heterocycles. The average Bonchev–Trinajstić information content (AvgIpc) is 2.41. The minimum atomic E-state index is 0.624. The summed E-state index contributed by atoms with van der Waals surface area (Å²) in [7, 11) is 1.62. The van der Waals surface area contributed by atoms with E-state index in [0.717, 1.165) is 16.7 Å². The van der Waals surface area contributed by atoms with Crippen LogP contribution < -0.4 is 4.74 Å². The van der Waals surface area contributed by atoms with Crippen LogP contribution in [0.15, 0.2) is 0 Å². The zero-order chi connectivity index (χ0) is 10.3. The van der Waals surface area contributed by atoms with Crippen LogP contribution in [0.25, 0.3) is 11.0 Å². The number of rotatable bonds is 1. The van der Waals surface area contributed by atoms with Crippen molar-refractivity contribution in [2.45, 2.75) is 20.8 Å². The molecule has 0 atom stereocenters. The molecular weight excluding hydrogens is 196 g/mol. The predicted molar refractivity (Wildman–Crippen MR) is 58.2 cm³/mol. The van der Waals surface area contributed by atoms with Crippen molar-refractivity contribution in [1.82, 2.24) is 9.97 Å². The van der Waals surface area contributed by atoms with Gasteiger partial charge in [0.2, 0.25) is 5.88 Å². The Morgan fingerprint density at radius 1 is 1.00 bits per heavy atom. The fraction of sp³-hybridized carbons (Fsp3) is 0.400. The van der Waals surface area contributed by atoms with E-state index >= 15 is 0 Å². The van der Waals surface area contributed by atoms with Crippen LogP contribution in [0.2, 0.25) is 0 Å². The highest BCUT2D eigenvalue weighted by molar-refractivity contribution is 7.13. The first kappa shape index (κ1) is 9.40. The Labute approximate surface area is 86.8 Å². The van der Waals surface area contributed by atoms with Crippen molar-refractivity contribution in [1.29, 1.82) is 0 Å². The Hall–Kier alpha value is -1.16. The molecule has 3 nitrogen and oxygen atoms in total. The van der Waals surface area contributed by atoms with E-state index in [1.54, 1.807) is 18.4 Å². The van der Waals surface area contributed by atoms with E-state index in [1.165, 1.54) is 9.75 Å². The summed E-state index contributed by atoms with van der Waals surface area (Å²) < 4.78 is 5.15. The van der Waals surface area contributed by atoms with Crippen molar-refractivity contribution in [3.8, 4) is 5.88 Å². The zero-order valence-corrected chi connectivity index (χ0v) is 9.53. The van der Waals surface area contributed by atoms with Crippen LogP contribution in [0.5, 0.6) is 5.88 Å². The van der Waals surface area contributed by atoms with Gasteiger partial charge in [-0.05, 0) is 20.8 Å². The van der Waals surface area contributed by atoms with Crippen molar-refractivity contribution < 1.29 is 4.74 Å². The molecule has 0 spiro atoms. The molecule has 0 bridgehead atoms. The van der Waals surface area contributed by atoms with Gasteiger partial charge in [-0.2, -0.15) is 0 Å². The summed E-state index contributed by atoms with van der Waals surface area (Å²) in [5, 5.41) is 0. The Kier molecular flexibility index (Phi) is 2.15. The monoisotopic (exact) mass is 208 g/mol. The Morgan fingerprint density at radius 3 is 2.14 bits per heavy atom. The van der Waals surface area contributed by atoms with Crippen molar-refractivity contribution in [3.63, 3.8) is 0 Å². The third kappa shape index (κ3) is 1.26. The second-order valence-corrected chi connectivity index (χ2v) is 4.66. The highest BCUT2D eigenvalue weighted by Crippen LogP contribution is 2.29. The lowest BCUT2D eigenvalue weighted by Gasteiger charge is -2.02. The molecule has 0 amide bonds. The summed E-state index contributed by atoms with van der Waals surface area (Å²) >= 11 is 1.73. The van der Waals surface area contributed by atoms with E-state index in [0.29, 0.717) is 5.88 Å². The van der Waals surface area contributed by atoms with Gasteiger partial charge in [-0.15, -0.1) is 11.3 Å². The summed E-state index contributed by atoms with van der Waals surface area (Å²) in [5.74, 6) is 0.624. The molecule has 0 aliphatic carbocycles. The van der Waals surface area contributed by atoms with Crippen LogP contribution in [0, 0.1) is 20.8 Å². The molecule has 2 rings (SSSR count). The summed E-state index contributed by atoms with van der Waals surface area (Å²) in [5.41, 5.74) is 2.82. The van der Waals surface area contributed by atoms with E-state index < -0.39 is 0 Å². The summed E-state index contributed by atoms with van der Waals surface area (Å²) in [4.78, 5) is 11.3. The number of nitrogens with zero attached hydrogens (tertiary/aromatic N) is 2. The lowest BCUT2D eigenvalue weighted by atomic mass is 10.3. The molecule has 0 N–H and O–H groups in total. The van der Waals surface area contributed by atoms with Gasteiger partial charge in [-0.1, -0.05) is 0 Å². The molecule has 0 radical (unpaired) electrons. The van der Waals surface area contributed by atoms with Crippen LogP contribution in [0.4, 0.5) is 0 Å². The quantitative estimate of drug-likeness (QED) is 0.722. The SMILES string of the molecule is COc1nc2c(C)sc(C)c2nc1C. The maximum atomic E-state index is 5.15. The van der Waals surface area contributed by atoms with Crippen molar-refractivity contribution in [2.24, 2.45) is 0 Å². The smallest absolute Gasteiger partial charge is 0.235 e. The van der Waals surface area contributed by atoms with Crippen LogP contribution in [-0.2, 0) is 0 Å². The van der Waals surface area contributed by atoms with Crippen LogP contribution in [-0.4, -0.2) is 17.1 Å². The van der Waals surface area contributed by atoms with Crippen LogP contribution in [0.1, 0.15) is 15.4 Å². The number of aryl methyl sites for hydroxylation is 3. The molecule has 0 saturated carbocycles. The fourth-order valence-corrected chi connectivity index (χ4v) is 2.45. The predicted octanol–water partition coefficient (Wildman–Crippen LogP) is 2.63. The van der Waals surface area contributed by atoms with Gasteiger partial charge in [0, 0.05) is 9.75 Å². The molecule has 14 heavy (non-hydrogen) atoms. The first-order valence-corrected chi connectivity index (χ1v) is 5.23. The topological polar surface area (TPSA) is 35.0 Å². The molecule has 4 heteroatoms. The zero-order valence-electron chi connectivity index (χ0n) is 8.71. The van der Waals surface area contributed by atoms with Gasteiger partial charge in [0.15, 0.2) is 0 Å². The Morgan fingerprint density at radius 2 is 1.57 bits per heavy atom. The molecular formula is C10H12N2OS. The molecule has 74 valence electrons. The van der Waals surface area contributed by atoms with E-state index in [2.05, 4.69) is 23.8 Å². The van der Waals surface area contributed by atoms with Crippen LogP contribution >= 0.6 is 11.3 Å². The molecule has 0 unspecified atom stereocenters. The van der Waals surface area contributed by atoms with Crippen molar-refractivity contribution >= 4 is 22.4 Å². The van der Waals surface area contributed by atoms with Gasteiger partial charge in [0.05, 0.1) is 7.11 Å². The van der Waals surface area contributed by atoms with Gasteiger partial charge in [0.25, 0.3) is 0 Å². The number of fused-ring (bicyclic) bond motifs is 1. The van der Waals surface area contributed by atoms with E-state index in [1.807, 2.05) is 6.92 Å². The maximum Gasteiger partial charge on any atom is 0.235 e. The molecule has 2 heterocycles. The van der Waals surface area contributed by atoms with Gasteiger partial charge in [0.1, 0.15) is 16.7 Å². The fourth-order valence-electron chi connectivity index (χ4n) is 1.51. The Bertz CT molecular complexity index is 490. The van der Waals surface area contributed by atoms with E-state index in [-0.39, 0.29) is 0 Å². The minimum Gasteiger partial charge on any atom is -0.480 e. The second-order valence-electron chi connectivity index (χ2n) is 3.23. The lowest BCUT2D eigenvalue weighted by molar-refractivity contribution is 0.394. The standard InChI is InChI=1S/C10H12N2OS/c1-5-10(13-4)12-9-7(3)14-6(2)8(9)11-5/h1-4H3. The second kappa shape index (κ2) is 3.20. The maximum absolute atomic E-state index is 5.15. The summed E-state index contributed by atoms with van der Waals surface area (Å²) in [6.07, 6.45) is 0. The highest BCUT2D eigenvalue weighted by Gasteiger charge is 2.11.